The standard InChI is InChI=1S/C17H28N2S/c1-4-15-12-19(16(5-2)13-20-3)17(11-18-15)14-9-7-6-8-10-14/h6-10,15-18H,4-5,11-13H2,1-3H3. The van der Waals surface area contributed by atoms with E-state index in [-0.39, 0.29) is 0 Å². The van der Waals surface area contributed by atoms with Crippen molar-refractivity contribution >= 4 is 11.8 Å². The first-order valence-corrected chi connectivity index (χ1v) is 9.22. The summed E-state index contributed by atoms with van der Waals surface area (Å²) in [7, 11) is 0. The largest absolute Gasteiger partial charge is 0.311 e. The molecule has 1 N–H and O–H groups in total. The molecule has 20 heavy (non-hydrogen) atoms. The molecule has 1 aliphatic heterocycles. The molecule has 3 atom stereocenters. The van der Waals surface area contributed by atoms with Gasteiger partial charge in [-0.3, -0.25) is 4.90 Å². The van der Waals surface area contributed by atoms with Crippen molar-refractivity contribution in [3.05, 3.63) is 35.9 Å². The molecule has 1 saturated heterocycles. The second kappa shape index (κ2) is 8.06. The van der Waals surface area contributed by atoms with Crippen LogP contribution in [-0.2, 0) is 0 Å². The lowest BCUT2D eigenvalue weighted by Crippen LogP contribution is -2.55. The molecule has 0 amide bonds. The van der Waals surface area contributed by atoms with E-state index in [1.54, 1.807) is 0 Å². The molecule has 0 bridgehead atoms. The van der Waals surface area contributed by atoms with Crippen molar-refractivity contribution in [2.24, 2.45) is 0 Å². The van der Waals surface area contributed by atoms with Gasteiger partial charge >= 0.3 is 0 Å². The smallest absolute Gasteiger partial charge is 0.0476 e. The lowest BCUT2D eigenvalue weighted by atomic mass is 9.97. The summed E-state index contributed by atoms with van der Waals surface area (Å²) in [4.78, 5) is 2.75. The fraction of sp³-hybridized carbons (Fsp3) is 0.647. The molecule has 1 aromatic rings. The molecule has 0 aromatic heterocycles. The van der Waals surface area contributed by atoms with Crippen molar-refractivity contribution in [1.29, 1.82) is 0 Å². The van der Waals surface area contributed by atoms with Crippen molar-refractivity contribution < 1.29 is 0 Å². The van der Waals surface area contributed by atoms with Crippen LogP contribution in [0.1, 0.15) is 38.3 Å². The highest BCUT2D eigenvalue weighted by molar-refractivity contribution is 7.98. The number of hydrogen-bond donors (Lipinski definition) is 1. The first-order chi connectivity index (χ1) is 9.80. The molecule has 2 nitrogen and oxygen atoms in total. The van der Waals surface area contributed by atoms with E-state index in [4.69, 9.17) is 0 Å². The third-order valence-corrected chi connectivity index (χ3v) is 5.13. The topological polar surface area (TPSA) is 15.3 Å². The molecule has 2 rings (SSSR count). The predicted octanol–water partition coefficient (Wildman–Crippen LogP) is 3.55. The molecular weight excluding hydrogens is 264 g/mol. The molecule has 0 saturated carbocycles. The lowest BCUT2D eigenvalue weighted by molar-refractivity contribution is 0.0876. The summed E-state index contributed by atoms with van der Waals surface area (Å²) < 4.78 is 0. The first kappa shape index (κ1) is 15.9. The fourth-order valence-electron chi connectivity index (χ4n) is 3.14. The maximum atomic E-state index is 3.72. The van der Waals surface area contributed by atoms with E-state index < -0.39 is 0 Å². The second-order valence-corrected chi connectivity index (χ2v) is 6.56. The average Bonchev–Trinajstić information content (AvgIpc) is 2.53. The van der Waals surface area contributed by atoms with Gasteiger partial charge in [-0.15, -0.1) is 0 Å². The Labute approximate surface area is 128 Å². The second-order valence-electron chi connectivity index (χ2n) is 5.65. The van der Waals surface area contributed by atoms with E-state index in [0.717, 1.165) is 6.54 Å². The molecule has 3 heteroatoms. The van der Waals surface area contributed by atoms with Gasteiger partial charge in [0.25, 0.3) is 0 Å². The molecule has 112 valence electrons. The van der Waals surface area contributed by atoms with Gasteiger partial charge in [0.1, 0.15) is 0 Å². The quantitative estimate of drug-likeness (QED) is 0.863. The van der Waals surface area contributed by atoms with Gasteiger partial charge < -0.3 is 5.32 Å². The Morgan fingerprint density at radius 2 is 2.05 bits per heavy atom. The zero-order valence-corrected chi connectivity index (χ0v) is 13.8. The van der Waals surface area contributed by atoms with Gasteiger partial charge in [0.2, 0.25) is 0 Å². The summed E-state index contributed by atoms with van der Waals surface area (Å²) in [6, 6.07) is 12.8. The Morgan fingerprint density at radius 1 is 1.30 bits per heavy atom. The first-order valence-electron chi connectivity index (χ1n) is 7.83. The summed E-state index contributed by atoms with van der Waals surface area (Å²) >= 11 is 1.97. The van der Waals surface area contributed by atoms with Gasteiger partial charge in [0.05, 0.1) is 0 Å². The van der Waals surface area contributed by atoms with Gasteiger partial charge in [0.15, 0.2) is 0 Å². The van der Waals surface area contributed by atoms with Crippen LogP contribution < -0.4 is 5.32 Å². The minimum atomic E-state index is 0.524. The summed E-state index contributed by atoms with van der Waals surface area (Å²) in [5.41, 5.74) is 1.45. The van der Waals surface area contributed by atoms with Crippen molar-refractivity contribution in [2.45, 2.75) is 44.8 Å². The van der Waals surface area contributed by atoms with E-state index in [0.29, 0.717) is 18.1 Å². The molecule has 0 aliphatic carbocycles. The van der Waals surface area contributed by atoms with E-state index in [2.05, 4.69) is 60.7 Å². The molecule has 3 unspecified atom stereocenters. The maximum absolute atomic E-state index is 3.72. The normalized spacial score (nSPS) is 25.6. The van der Waals surface area contributed by atoms with Crippen LogP contribution in [0.15, 0.2) is 30.3 Å². The fourth-order valence-corrected chi connectivity index (χ4v) is 3.96. The Kier molecular flexibility index (Phi) is 6.40. The van der Waals surface area contributed by atoms with Crippen LogP contribution in [0.25, 0.3) is 0 Å². The van der Waals surface area contributed by atoms with Crippen molar-refractivity contribution in [3.63, 3.8) is 0 Å². The Balaban J connectivity index is 2.19. The maximum Gasteiger partial charge on any atom is 0.0476 e. The number of hydrogen-bond acceptors (Lipinski definition) is 3. The zero-order valence-electron chi connectivity index (χ0n) is 13.0. The molecule has 0 spiro atoms. The minimum absolute atomic E-state index is 0.524. The SMILES string of the molecule is CCC1CN(C(CC)CSC)C(c2ccccc2)CN1. The third-order valence-electron chi connectivity index (χ3n) is 4.41. The molecule has 0 radical (unpaired) electrons. The van der Waals surface area contributed by atoms with Crippen LogP contribution in [0.2, 0.25) is 0 Å². The van der Waals surface area contributed by atoms with Gasteiger partial charge in [-0.1, -0.05) is 44.2 Å². The number of nitrogens with one attached hydrogen (secondary N) is 1. The highest BCUT2D eigenvalue weighted by atomic mass is 32.2. The van der Waals surface area contributed by atoms with Crippen LogP contribution in [0.4, 0.5) is 0 Å². The number of benzene rings is 1. The van der Waals surface area contributed by atoms with Gasteiger partial charge in [-0.25, -0.2) is 0 Å². The van der Waals surface area contributed by atoms with Crippen LogP contribution in [-0.4, -0.2) is 42.1 Å². The Morgan fingerprint density at radius 3 is 2.65 bits per heavy atom. The van der Waals surface area contributed by atoms with Crippen LogP contribution in [0, 0.1) is 0 Å². The summed E-state index contributed by atoms with van der Waals surface area (Å²) in [6.07, 6.45) is 4.67. The molecule has 1 aromatic carbocycles. The van der Waals surface area contributed by atoms with Crippen LogP contribution in [0.5, 0.6) is 0 Å². The number of rotatable bonds is 6. The average molecular weight is 292 g/mol. The van der Waals surface area contributed by atoms with Crippen LogP contribution >= 0.6 is 11.8 Å². The predicted molar refractivity (Wildman–Crippen MR) is 90.4 cm³/mol. The van der Waals surface area contributed by atoms with E-state index in [1.807, 2.05) is 11.8 Å². The van der Waals surface area contributed by atoms with Crippen molar-refractivity contribution in [2.75, 3.05) is 25.1 Å². The van der Waals surface area contributed by atoms with Gasteiger partial charge in [-0.05, 0) is 24.7 Å². The summed E-state index contributed by atoms with van der Waals surface area (Å²) in [6.45, 7) is 6.86. The van der Waals surface area contributed by atoms with Crippen molar-refractivity contribution in [3.8, 4) is 0 Å². The molecule has 1 fully saturated rings. The third kappa shape index (κ3) is 3.78. The van der Waals surface area contributed by atoms with Gasteiger partial charge in [-0.2, -0.15) is 11.8 Å². The zero-order chi connectivity index (χ0) is 14.4. The van der Waals surface area contributed by atoms with Crippen LogP contribution in [0.3, 0.4) is 0 Å². The van der Waals surface area contributed by atoms with Crippen molar-refractivity contribution in [1.82, 2.24) is 10.2 Å². The number of thioether (sulfide) groups is 1. The Bertz CT molecular complexity index is 382. The lowest BCUT2D eigenvalue weighted by Gasteiger charge is -2.44. The van der Waals surface area contributed by atoms with Gasteiger partial charge in [0, 0.05) is 37.0 Å². The van der Waals surface area contributed by atoms with E-state index in [9.17, 15) is 0 Å². The molecule has 1 aliphatic rings. The summed E-state index contributed by atoms with van der Waals surface area (Å²) in [5, 5.41) is 3.72. The monoisotopic (exact) mass is 292 g/mol. The molecule has 1 heterocycles. The minimum Gasteiger partial charge on any atom is -0.311 e. The molecular formula is C17H28N2S. The highest BCUT2D eigenvalue weighted by Gasteiger charge is 2.32. The number of piperazine rings is 1. The summed E-state index contributed by atoms with van der Waals surface area (Å²) in [5.74, 6) is 1.23. The van der Waals surface area contributed by atoms with E-state index in [1.165, 1.54) is 30.7 Å². The number of nitrogens with zero attached hydrogens (tertiary/aromatic N) is 1. The highest BCUT2D eigenvalue weighted by Crippen LogP contribution is 2.28. The van der Waals surface area contributed by atoms with E-state index >= 15 is 0 Å². The Hall–Kier alpha value is -0.510.